The lowest BCUT2D eigenvalue weighted by Crippen LogP contribution is -1.91. The molecule has 0 fully saturated rings. The van der Waals surface area contributed by atoms with E-state index in [2.05, 4.69) is 80.4 Å². The molecule has 6 rings (SSSR count). The quantitative estimate of drug-likeness (QED) is 0.286. The number of hydrogen-bond acceptors (Lipinski definition) is 2. The predicted octanol–water partition coefficient (Wildman–Crippen LogP) is 6.95. The average molecular weight is 386 g/mol. The fourth-order valence-electron chi connectivity index (χ4n) is 4.86. The van der Waals surface area contributed by atoms with E-state index in [0.29, 0.717) is 0 Å². The van der Waals surface area contributed by atoms with Gasteiger partial charge in [-0.25, -0.2) is 0 Å². The third-order valence-corrected chi connectivity index (χ3v) is 6.44. The summed E-state index contributed by atoms with van der Waals surface area (Å²) in [5.74, 6) is 0. The largest absolute Gasteiger partial charge is 0.254 e. The van der Waals surface area contributed by atoms with Crippen molar-refractivity contribution in [1.29, 1.82) is 0 Å². The lowest BCUT2D eigenvalue weighted by molar-refractivity contribution is 1.20. The molecule has 0 radical (unpaired) electrons. The highest BCUT2D eigenvalue weighted by molar-refractivity contribution is 6.07. The summed E-state index contributed by atoms with van der Waals surface area (Å²) in [6.45, 7) is 6.48. The lowest BCUT2D eigenvalue weighted by atomic mass is 9.92. The monoisotopic (exact) mass is 386 g/mol. The Balaban J connectivity index is 1.57. The maximum atomic E-state index is 4.85. The van der Waals surface area contributed by atoms with Gasteiger partial charge in [0.1, 0.15) is 0 Å². The van der Waals surface area contributed by atoms with Gasteiger partial charge in [-0.2, -0.15) is 0 Å². The highest BCUT2D eigenvalue weighted by Crippen LogP contribution is 2.39. The van der Waals surface area contributed by atoms with Gasteiger partial charge in [0, 0.05) is 24.4 Å². The van der Waals surface area contributed by atoms with Crippen molar-refractivity contribution < 1.29 is 0 Å². The van der Waals surface area contributed by atoms with Crippen LogP contribution in [0.1, 0.15) is 27.8 Å². The molecule has 3 aromatic carbocycles. The van der Waals surface area contributed by atoms with E-state index in [4.69, 9.17) is 4.98 Å². The standard InChI is InChI=1S/C28H22N2/c1-16-9-20-10-21-11-22(15-30-28(21)27(20)29-14-16)23-8-7-18(3)25-13-24-17(2)5-4-6-19(24)12-26(23)25/h4-9,11-15H,10H2,1-3H3. The number of fused-ring (bicyclic) bond motifs is 5. The van der Waals surface area contributed by atoms with Crippen LogP contribution in [0, 0.1) is 20.8 Å². The third kappa shape index (κ3) is 2.50. The number of pyridine rings is 2. The molecule has 0 amide bonds. The van der Waals surface area contributed by atoms with Crippen molar-refractivity contribution in [2.24, 2.45) is 0 Å². The van der Waals surface area contributed by atoms with Gasteiger partial charge in [-0.3, -0.25) is 9.97 Å². The van der Waals surface area contributed by atoms with Gasteiger partial charge in [0.05, 0.1) is 11.4 Å². The van der Waals surface area contributed by atoms with E-state index in [1.54, 1.807) is 0 Å². The van der Waals surface area contributed by atoms with Crippen LogP contribution in [-0.4, -0.2) is 9.97 Å². The summed E-state index contributed by atoms with van der Waals surface area (Å²) in [4.78, 5) is 9.49. The van der Waals surface area contributed by atoms with Crippen molar-refractivity contribution >= 4 is 21.5 Å². The van der Waals surface area contributed by atoms with Crippen LogP contribution in [0.5, 0.6) is 0 Å². The number of aromatic nitrogens is 2. The second-order valence-corrected chi connectivity index (χ2v) is 8.55. The first kappa shape index (κ1) is 17.3. The second kappa shape index (κ2) is 6.24. The Morgan fingerprint density at radius 3 is 2.30 bits per heavy atom. The Morgan fingerprint density at radius 1 is 0.667 bits per heavy atom. The number of benzene rings is 3. The van der Waals surface area contributed by atoms with Gasteiger partial charge in [0.15, 0.2) is 0 Å². The fraction of sp³-hybridized carbons (Fsp3) is 0.143. The van der Waals surface area contributed by atoms with Gasteiger partial charge in [-0.1, -0.05) is 36.4 Å². The van der Waals surface area contributed by atoms with E-state index in [-0.39, 0.29) is 0 Å². The molecule has 2 aromatic heterocycles. The van der Waals surface area contributed by atoms with Crippen LogP contribution in [0.2, 0.25) is 0 Å². The predicted molar refractivity (Wildman–Crippen MR) is 125 cm³/mol. The SMILES string of the molecule is Cc1cnc2c(c1)Cc1cc(-c3ccc(C)c4cc5c(C)cccc5cc34)cnc1-2. The molecule has 0 spiro atoms. The highest BCUT2D eigenvalue weighted by atomic mass is 14.8. The fourth-order valence-corrected chi connectivity index (χ4v) is 4.86. The van der Waals surface area contributed by atoms with Crippen molar-refractivity contribution in [1.82, 2.24) is 9.97 Å². The van der Waals surface area contributed by atoms with Crippen molar-refractivity contribution in [3.63, 3.8) is 0 Å². The van der Waals surface area contributed by atoms with Gasteiger partial charge in [-0.15, -0.1) is 0 Å². The zero-order chi connectivity index (χ0) is 20.4. The molecule has 5 aromatic rings. The zero-order valence-electron chi connectivity index (χ0n) is 17.5. The first-order chi connectivity index (χ1) is 14.6. The van der Waals surface area contributed by atoms with Crippen molar-refractivity contribution in [2.75, 3.05) is 0 Å². The summed E-state index contributed by atoms with van der Waals surface area (Å²) in [5, 5.41) is 5.22. The van der Waals surface area contributed by atoms with E-state index in [0.717, 1.165) is 17.8 Å². The van der Waals surface area contributed by atoms with E-state index < -0.39 is 0 Å². The molecule has 0 bridgehead atoms. The smallest absolute Gasteiger partial charge is 0.0924 e. The molecule has 144 valence electrons. The first-order valence-electron chi connectivity index (χ1n) is 10.5. The summed E-state index contributed by atoms with van der Waals surface area (Å²) < 4.78 is 0. The molecule has 0 saturated heterocycles. The summed E-state index contributed by atoms with van der Waals surface area (Å²) in [6, 6.07) is 20.2. The number of hydrogen-bond donors (Lipinski definition) is 0. The van der Waals surface area contributed by atoms with Crippen LogP contribution in [0.4, 0.5) is 0 Å². The van der Waals surface area contributed by atoms with Crippen molar-refractivity contribution in [3.8, 4) is 22.5 Å². The Kier molecular flexibility index (Phi) is 3.61. The van der Waals surface area contributed by atoms with Crippen LogP contribution in [-0.2, 0) is 6.42 Å². The topological polar surface area (TPSA) is 25.8 Å². The molecule has 1 aliphatic rings. The number of nitrogens with zero attached hydrogens (tertiary/aromatic N) is 2. The van der Waals surface area contributed by atoms with Crippen LogP contribution in [0.3, 0.4) is 0 Å². The number of rotatable bonds is 1. The molecule has 2 heterocycles. The maximum absolute atomic E-state index is 4.85. The summed E-state index contributed by atoms with van der Waals surface area (Å²) >= 11 is 0. The van der Waals surface area contributed by atoms with Crippen LogP contribution < -0.4 is 0 Å². The van der Waals surface area contributed by atoms with Gasteiger partial charge in [0.25, 0.3) is 0 Å². The molecule has 0 N–H and O–H groups in total. The molecule has 1 aliphatic carbocycles. The lowest BCUT2D eigenvalue weighted by Gasteiger charge is -2.13. The molecule has 0 aliphatic heterocycles. The molecular weight excluding hydrogens is 364 g/mol. The van der Waals surface area contributed by atoms with Crippen LogP contribution >= 0.6 is 0 Å². The molecule has 30 heavy (non-hydrogen) atoms. The van der Waals surface area contributed by atoms with Crippen LogP contribution in [0.15, 0.2) is 67.0 Å². The van der Waals surface area contributed by atoms with Gasteiger partial charge in [0.2, 0.25) is 0 Å². The highest BCUT2D eigenvalue weighted by Gasteiger charge is 2.22. The Labute approximate surface area is 176 Å². The molecule has 0 saturated carbocycles. The van der Waals surface area contributed by atoms with Crippen LogP contribution in [0.25, 0.3) is 44.1 Å². The van der Waals surface area contributed by atoms with Gasteiger partial charge in [-0.05, 0) is 93.9 Å². The van der Waals surface area contributed by atoms with E-state index in [1.165, 1.54) is 60.5 Å². The molecule has 2 nitrogen and oxygen atoms in total. The molecule has 2 heteroatoms. The normalized spacial score (nSPS) is 12.4. The third-order valence-electron chi connectivity index (χ3n) is 6.44. The van der Waals surface area contributed by atoms with Gasteiger partial charge < -0.3 is 0 Å². The Hall–Kier alpha value is -3.52. The summed E-state index contributed by atoms with van der Waals surface area (Å²) in [7, 11) is 0. The first-order valence-corrected chi connectivity index (χ1v) is 10.5. The maximum Gasteiger partial charge on any atom is 0.0924 e. The van der Waals surface area contributed by atoms with E-state index >= 15 is 0 Å². The minimum Gasteiger partial charge on any atom is -0.254 e. The van der Waals surface area contributed by atoms with Crippen molar-refractivity contribution in [3.05, 3.63) is 94.8 Å². The average Bonchev–Trinajstić information content (AvgIpc) is 3.10. The summed E-state index contributed by atoms with van der Waals surface area (Å²) in [6.07, 6.45) is 4.86. The minimum absolute atomic E-state index is 0.909. The molecule has 0 unspecified atom stereocenters. The minimum atomic E-state index is 0.909. The van der Waals surface area contributed by atoms with E-state index in [9.17, 15) is 0 Å². The van der Waals surface area contributed by atoms with Crippen molar-refractivity contribution in [2.45, 2.75) is 27.2 Å². The number of aryl methyl sites for hydroxylation is 3. The molecule has 0 atom stereocenters. The Morgan fingerprint density at radius 2 is 1.43 bits per heavy atom. The zero-order valence-corrected chi connectivity index (χ0v) is 17.5. The summed E-state index contributed by atoms with van der Waals surface area (Å²) in [5.41, 5.74) is 10.9. The van der Waals surface area contributed by atoms with E-state index in [1.807, 2.05) is 12.4 Å². The van der Waals surface area contributed by atoms with Gasteiger partial charge >= 0.3 is 0 Å². The Bertz CT molecular complexity index is 1490. The molecular formula is C28H22N2. The second-order valence-electron chi connectivity index (χ2n) is 8.55.